The Bertz CT molecular complexity index is 1110. The van der Waals surface area contributed by atoms with Gasteiger partial charge in [0.15, 0.2) is 0 Å². The summed E-state index contributed by atoms with van der Waals surface area (Å²) in [4.78, 5) is 12.7. The first-order chi connectivity index (χ1) is 14.2. The van der Waals surface area contributed by atoms with E-state index in [2.05, 4.69) is 10.4 Å². The molecule has 3 rings (SSSR count). The Balaban J connectivity index is 1.95. The summed E-state index contributed by atoms with van der Waals surface area (Å²) in [5.74, 6) is -7.53. The van der Waals surface area contributed by atoms with Crippen LogP contribution in [0.3, 0.4) is 0 Å². The third kappa shape index (κ3) is 5.24. The van der Waals surface area contributed by atoms with E-state index in [1.165, 1.54) is 25.1 Å². The molecular weight excluding hydrogens is 440 g/mol. The molecule has 0 spiro atoms. The van der Waals surface area contributed by atoms with Crippen molar-refractivity contribution in [3.8, 4) is 0 Å². The number of hydrogen-bond donors (Lipinski definition) is 2. The average molecular weight is 462 g/mol. The molecule has 1 atom stereocenters. The summed E-state index contributed by atoms with van der Waals surface area (Å²) >= 11 is 0. The quantitative estimate of drug-likeness (QED) is 0.639. The van der Waals surface area contributed by atoms with E-state index in [-0.39, 0.29) is 41.2 Å². The zero-order chi connectivity index (χ0) is 23.2. The van der Waals surface area contributed by atoms with Gasteiger partial charge >= 0.3 is 0 Å². The van der Waals surface area contributed by atoms with Crippen molar-refractivity contribution in [2.75, 3.05) is 5.32 Å². The van der Waals surface area contributed by atoms with E-state index in [1.54, 1.807) is 0 Å². The molecule has 1 amide bonds. The zero-order valence-electron chi connectivity index (χ0n) is 16.8. The highest BCUT2D eigenvalue weighted by Crippen LogP contribution is 2.40. The summed E-state index contributed by atoms with van der Waals surface area (Å²) in [6.45, 7) is 1.81. The molecule has 1 aliphatic carbocycles. The predicted molar refractivity (Wildman–Crippen MR) is 105 cm³/mol. The molecule has 1 fully saturated rings. The number of benzene rings is 1. The highest BCUT2D eigenvalue weighted by molar-refractivity contribution is 7.89. The number of amides is 1. The Morgan fingerprint density at radius 2 is 2.06 bits per heavy atom. The second kappa shape index (κ2) is 7.90. The molecular formula is C19H22F4N4O3S. The lowest BCUT2D eigenvalue weighted by molar-refractivity contribution is 0.00345. The molecule has 1 aliphatic rings. The van der Waals surface area contributed by atoms with Gasteiger partial charge in [-0.3, -0.25) is 9.48 Å². The van der Waals surface area contributed by atoms with Crippen molar-refractivity contribution in [2.24, 2.45) is 11.1 Å². The van der Waals surface area contributed by atoms with Gasteiger partial charge in [-0.25, -0.2) is 22.3 Å². The molecule has 1 heterocycles. The SMILES string of the molecule is Cc1c(C(C)(F)F)nn(C[C@@H]2CCC(F)(F)C2)c1C(=O)Nc1cccc(S(N)(=O)=O)c1. The van der Waals surface area contributed by atoms with Crippen LogP contribution in [-0.2, 0) is 22.5 Å². The highest BCUT2D eigenvalue weighted by atomic mass is 32.2. The van der Waals surface area contributed by atoms with E-state index in [4.69, 9.17) is 5.14 Å². The van der Waals surface area contributed by atoms with Crippen LogP contribution in [0.1, 0.15) is 47.9 Å². The minimum Gasteiger partial charge on any atom is -0.321 e. The van der Waals surface area contributed by atoms with Gasteiger partial charge in [0.25, 0.3) is 11.8 Å². The van der Waals surface area contributed by atoms with Crippen LogP contribution >= 0.6 is 0 Å². The third-order valence-corrected chi connectivity index (χ3v) is 6.09. The van der Waals surface area contributed by atoms with Gasteiger partial charge in [-0.15, -0.1) is 0 Å². The maximum absolute atomic E-state index is 14.0. The van der Waals surface area contributed by atoms with Crippen LogP contribution in [0, 0.1) is 12.8 Å². The van der Waals surface area contributed by atoms with Crippen molar-refractivity contribution in [2.45, 2.75) is 56.4 Å². The maximum Gasteiger partial charge on any atom is 0.289 e. The first kappa shape index (κ1) is 23.2. The number of alkyl halides is 4. The molecule has 0 bridgehead atoms. The van der Waals surface area contributed by atoms with Gasteiger partial charge in [0.1, 0.15) is 11.4 Å². The highest BCUT2D eigenvalue weighted by Gasteiger charge is 2.41. The van der Waals surface area contributed by atoms with E-state index < -0.39 is 45.8 Å². The van der Waals surface area contributed by atoms with Crippen LogP contribution in [0.4, 0.5) is 23.2 Å². The number of aromatic nitrogens is 2. The summed E-state index contributed by atoms with van der Waals surface area (Å²) in [6.07, 6.45) is -0.543. The van der Waals surface area contributed by atoms with Crippen molar-refractivity contribution in [1.29, 1.82) is 0 Å². The maximum atomic E-state index is 14.0. The van der Waals surface area contributed by atoms with E-state index >= 15 is 0 Å². The van der Waals surface area contributed by atoms with E-state index in [1.807, 2.05) is 0 Å². The van der Waals surface area contributed by atoms with Gasteiger partial charge in [0, 0.05) is 37.6 Å². The number of halogens is 4. The summed E-state index contributed by atoms with van der Waals surface area (Å²) < 4.78 is 79.2. The first-order valence-corrected chi connectivity index (χ1v) is 11.0. The Morgan fingerprint density at radius 1 is 1.39 bits per heavy atom. The second-order valence-corrected chi connectivity index (χ2v) is 9.45. The first-order valence-electron chi connectivity index (χ1n) is 9.45. The predicted octanol–water partition coefficient (Wildman–Crippen LogP) is 3.64. The molecule has 1 aromatic carbocycles. The van der Waals surface area contributed by atoms with Gasteiger partial charge in [-0.1, -0.05) is 6.07 Å². The monoisotopic (exact) mass is 462 g/mol. The molecule has 12 heteroatoms. The Morgan fingerprint density at radius 3 is 2.61 bits per heavy atom. The van der Waals surface area contributed by atoms with Crippen LogP contribution in [0.2, 0.25) is 0 Å². The molecule has 170 valence electrons. The fraction of sp³-hybridized carbons (Fsp3) is 0.474. The normalized spacial score (nSPS) is 18.9. The number of primary sulfonamides is 1. The molecule has 3 N–H and O–H groups in total. The van der Waals surface area contributed by atoms with Crippen LogP contribution in [-0.4, -0.2) is 30.0 Å². The van der Waals surface area contributed by atoms with Crippen molar-refractivity contribution < 1.29 is 30.8 Å². The van der Waals surface area contributed by atoms with Gasteiger partial charge in [0.05, 0.1) is 4.90 Å². The molecule has 1 aromatic heterocycles. The fourth-order valence-electron chi connectivity index (χ4n) is 3.77. The minimum absolute atomic E-state index is 0.0703. The number of anilines is 1. The number of carbonyl (C=O) groups is 1. The van der Waals surface area contributed by atoms with E-state index in [0.29, 0.717) is 6.92 Å². The molecule has 0 saturated heterocycles. The largest absolute Gasteiger partial charge is 0.321 e. The number of nitrogens with one attached hydrogen (secondary N) is 1. The Hall–Kier alpha value is -2.47. The van der Waals surface area contributed by atoms with Gasteiger partial charge in [-0.2, -0.15) is 13.9 Å². The van der Waals surface area contributed by atoms with E-state index in [0.717, 1.165) is 10.7 Å². The van der Waals surface area contributed by atoms with Crippen LogP contribution in [0.25, 0.3) is 0 Å². The van der Waals surface area contributed by atoms with Gasteiger partial charge in [-0.05, 0) is 37.5 Å². The zero-order valence-corrected chi connectivity index (χ0v) is 17.6. The lowest BCUT2D eigenvalue weighted by atomic mass is 10.1. The van der Waals surface area contributed by atoms with Gasteiger partial charge in [0.2, 0.25) is 15.9 Å². The number of sulfonamides is 1. The summed E-state index contributed by atoms with van der Waals surface area (Å²) in [5, 5.41) is 11.4. The number of nitrogens with zero attached hydrogens (tertiary/aromatic N) is 2. The van der Waals surface area contributed by atoms with Crippen molar-refractivity contribution in [3.05, 3.63) is 41.2 Å². The smallest absolute Gasteiger partial charge is 0.289 e. The number of nitrogens with two attached hydrogens (primary N) is 1. The average Bonchev–Trinajstić information content (AvgIpc) is 3.13. The molecule has 2 aromatic rings. The summed E-state index contributed by atoms with van der Waals surface area (Å²) in [6, 6.07) is 5.11. The van der Waals surface area contributed by atoms with E-state index in [9.17, 15) is 30.8 Å². The lowest BCUT2D eigenvalue weighted by Gasteiger charge is -2.14. The minimum atomic E-state index is -4.02. The molecule has 7 nitrogen and oxygen atoms in total. The van der Waals surface area contributed by atoms with Crippen LogP contribution in [0.5, 0.6) is 0 Å². The summed E-state index contributed by atoms with van der Waals surface area (Å²) in [7, 11) is -4.02. The second-order valence-electron chi connectivity index (χ2n) is 7.88. The molecule has 0 unspecified atom stereocenters. The van der Waals surface area contributed by atoms with Crippen molar-refractivity contribution >= 4 is 21.6 Å². The van der Waals surface area contributed by atoms with Gasteiger partial charge < -0.3 is 5.32 Å². The number of rotatable bonds is 6. The van der Waals surface area contributed by atoms with Crippen LogP contribution < -0.4 is 10.5 Å². The lowest BCUT2D eigenvalue weighted by Crippen LogP contribution is -2.22. The topological polar surface area (TPSA) is 107 Å². The number of hydrogen-bond acceptors (Lipinski definition) is 4. The standard InChI is InChI=1S/C19H22F4N4O3S/c1-11-15(17(28)25-13-4-3-5-14(8-13)31(24,29)30)27(26-16(11)18(2,20)21)10-12-6-7-19(22,23)9-12/h3-5,8,12H,6-7,9-10H2,1-2H3,(H,25,28)(H2,24,29,30)/t12-/m1/s1. The van der Waals surface area contributed by atoms with Crippen LogP contribution in [0.15, 0.2) is 29.2 Å². The van der Waals surface area contributed by atoms with Crippen molar-refractivity contribution in [1.82, 2.24) is 9.78 Å². The Labute approximate surface area is 176 Å². The molecule has 31 heavy (non-hydrogen) atoms. The molecule has 0 radical (unpaired) electrons. The Kier molecular flexibility index (Phi) is 5.91. The fourth-order valence-corrected chi connectivity index (χ4v) is 4.33. The summed E-state index contributed by atoms with van der Waals surface area (Å²) in [5.41, 5.74) is -0.841. The molecule has 1 saturated carbocycles. The molecule has 0 aliphatic heterocycles. The number of carbonyl (C=O) groups excluding carboxylic acids is 1. The van der Waals surface area contributed by atoms with Crippen molar-refractivity contribution in [3.63, 3.8) is 0 Å². The third-order valence-electron chi connectivity index (χ3n) is 5.18.